The van der Waals surface area contributed by atoms with Crippen LogP contribution in [0.1, 0.15) is 29.1 Å². The fraction of sp³-hybridized carbons (Fsp3) is 0.125. The largest absolute Gasteiger partial charge is 0.342 e. The van der Waals surface area contributed by atoms with Gasteiger partial charge in [-0.1, -0.05) is 28.1 Å². The maximum absolute atomic E-state index is 12.4. The Morgan fingerprint density at radius 2 is 2.09 bits per heavy atom. The summed E-state index contributed by atoms with van der Waals surface area (Å²) in [5.41, 5.74) is 2.52. The van der Waals surface area contributed by atoms with Crippen molar-refractivity contribution in [2.45, 2.75) is 13.0 Å². The molecular weight excluding hydrogens is 457 g/mol. The summed E-state index contributed by atoms with van der Waals surface area (Å²) >= 11 is 5.56. The topological polar surface area (TPSA) is 57.8 Å². The minimum absolute atomic E-state index is 0.112. The highest BCUT2D eigenvalue weighted by atomic mass is 127. The number of nitrogens with one attached hydrogen (secondary N) is 2. The second kappa shape index (κ2) is 6.37. The zero-order chi connectivity index (χ0) is 15.7. The van der Waals surface area contributed by atoms with E-state index in [1.54, 1.807) is 0 Å². The number of aromatic amines is 1. The maximum Gasteiger partial charge on any atom is 0.252 e. The van der Waals surface area contributed by atoms with Crippen LogP contribution < -0.4 is 5.32 Å². The molecule has 0 saturated heterocycles. The van der Waals surface area contributed by atoms with Crippen LogP contribution in [0.2, 0.25) is 0 Å². The molecule has 0 aliphatic heterocycles. The Labute approximate surface area is 150 Å². The van der Waals surface area contributed by atoms with Crippen LogP contribution in [-0.2, 0) is 0 Å². The van der Waals surface area contributed by atoms with Gasteiger partial charge in [0.05, 0.1) is 22.6 Å². The Hall–Kier alpha value is -1.41. The number of amides is 1. The van der Waals surface area contributed by atoms with Crippen LogP contribution in [0.5, 0.6) is 0 Å². The maximum atomic E-state index is 12.4. The van der Waals surface area contributed by atoms with E-state index in [1.165, 1.54) is 0 Å². The van der Waals surface area contributed by atoms with Gasteiger partial charge in [-0.15, -0.1) is 0 Å². The van der Waals surface area contributed by atoms with Crippen LogP contribution in [0.15, 0.2) is 46.9 Å². The van der Waals surface area contributed by atoms with Gasteiger partial charge in [-0.05, 0) is 59.8 Å². The number of carbonyl (C=O) groups excluding carboxylic acids is 1. The van der Waals surface area contributed by atoms with Crippen LogP contribution >= 0.6 is 38.5 Å². The molecule has 22 heavy (non-hydrogen) atoms. The van der Waals surface area contributed by atoms with E-state index < -0.39 is 0 Å². The molecule has 0 aliphatic rings. The molecule has 112 valence electrons. The Kier molecular flexibility index (Phi) is 4.49. The van der Waals surface area contributed by atoms with E-state index in [4.69, 9.17) is 0 Å². The number of hydrogen-bond acceptors (Lipinski definition) is 2. The molecule has 6 heteroatoms. The van der Waals surface area contributed by atoms with Crippen LogP contribution in [0, 0.1) is 3.57 Å². The molecule has 0 radical (unpaired) electrons. The predicted octanol–water partition coefficient (Wildman–Crippen LogP) is 4.42. The molecule has 0 aliphatic carbocycles. The van der Waals surface area contributed by atoms with Crippen molar-refractivity contribution in [3.63, 3.8) is 0 Å². The van der Waals surface area contributed by atoms with Gasteiger partial charge in [0.1, 0.15) is 5.82 Å². The third-order valence-corrected chi connectivity index (χ3v) is 4.77. The Balaban J connectivity index is 1.82. The predicted molar refractivity (Wildman–Crippen MR) is 98.8 cm³/mol. The summed E-state index contributed by atoms with van der Waals surface area (Å²) in [6, 6.07) is 13.3. The Morgan fingerprint density at radius 1 is 1.32 bits per heavy atom. The van der Waals surface area contributed by atoms with Gasteiger partial charge in [0.2, 0.25) is 0 Å². The Morgan fingerprint density at radius 3 is 2.86 bits per heavy atom. The second-order valence-corrected chi connectivity index (χ2v) is 7.04. The number of hydrogen-bond donors (Lipinski definition) is 2. The molecule has 2 N–H and O–H groups in total. The second-order valence-electron chi connectivity index (χ2n) is 4.96. The lowest BCUT2D eigenvalue weighted by molar-refractivity contribution is 0.0937. The van der Waals surface area contributed by atoms with Gasteiger partial charge < -0.3 is 10.3 Å². The van der Waals surface area contributed by atoms with Crippen molar-refractivity contribution in [3.05, 3.63) is 61.9 Å². The summed E-state index contributed by atoms with van der Waals surface area (Å²) in [5.74, 6) is 0.637. The molecular formula is C16H13BrIN3O. The standard InChI is InChI=1S/C16H13BrIN3O/c1-9(15-20-13-4-2-3-5-14(13)21-15)19-16(22)11-8-10(17)6-7-12(11)18/h2-9H,1H3,(H,19,22)(H,20,21). The average Bonchev–Trinajstić information content (AvgIpc) is 2.93. The molecule has 2 aromatic carbocycles. The zero-order valence-electron chi connectivity index (χ0n) is 11.7. The van der Waals surface area contributed by atoms with Gasteiger partial charge in [-0.3, -0.25) is 4.79 Å². The highest BCUT2D eigenvalue weighted by molar-refractivity contribution is 14.1. The van der Waals surface area contributed by atoms with Crippen LogP contribution in [0.4, 0.5) is 0 Å². The van der Waals surface area contributed by atoms with Crippen molar-refractivity contribution in [2.24, 2.45) is 0 Å². The summed E-state index contributed by atoms with van der Waals surface area (Å²) in [6.45, 7) is 1.92. The normalized spacial score (nSPS) is 12.3. The first-order valence-corrected chi connectivity index (χ1v) is 8.62. The van der Waals surface area contributed by atoms with Crippen molar-refractivity contribution in [3.8, 4) is 0 Å². The molecule has 1 atom stereocenters. The van der Waals surface area contributed by atoms with E-state index in [0.717, 1.165) is 24.9 Å². The first-order chi connectivity index (χ1) is 10.5. The van der Waals surface area contributed by atoms with Gasteiger partial charge in [0.15, 0.2) is 0 Å². The van der Waals surface area contributed by atoms with Crippen LogP contribution in [0.25, 0.3) is 11.0 Å². The smallest absolute Gasteiger partial charge is 0.252 e. The highest BCUT2D eigenvalue weighted by Gasteiger charge is 2.16. The van der Waals surface area contributed by atoms with Crippen molar-refractivity contribution in [1.82, 2.24) is 15.3 Å². The summed E-state index contributed by atoms with van der Waals surface area (Å²) in [4.78, 5) is 20.2. The van der Waals surface area contributed by atoms with Crippen LogP contribution in [0.3, 0.4) is 0 Å². The number of nitrogens with zero attached hydrogens (tertiary/aromatic N) is 1. The van der Waals surface area contributed by atoms with E-state index in [-0.39, 0.29) is 11.9 Å². The monoisotopic (exact) mass is 469 g/mol. The number of para-hydroxylation sites is 2. The number of halogens is 2. The molecule has 3 rings (SSSR count). The third kappa shape index (κ3) is 3.17. The molecule has 0 bridgehead atoms. The van der Waals surface area contributed by atoms with Gasteiger partial charge in [0.25, 0.3) is 5.91 Å². The fourth-order valence-electron chi connectivity index (χ4n) is 2.19. The van der Waals surface area contributed by atoms with E-state index in [0.29, 0.717) is 5.56 Å². The number of H-pyrrole nitrogens is 1. The quantitative estimate of drug-likeness (QED) is 0.558. The summed E-state index contributed by atoms with van der Waals surface area (Å²) in [5, 5.41) is 2.98. The lowest BCUT2D eigenvalue weighted by Gasteiger charge is -2.12. The molecule has 0 spiro atoms. The first kappa shape index (κ1) is 15.5. The minimum atomic E-state index is -0.199. The number of carbonyl (C=O) groups is 1. The van der Waals surface area contributed by atoms with E-state index in [1.807, 2.05) is 49.4 Å². The van der Waals surface area contributed by atoms with Crippen molar-refractivity contribution >= 4 is 55.5 Å². The zero-order valence-corrected chi connectivity index (χ0v) is 15.5. The summed E-state index contributed by atoms with van der Waals surface area (Å²) < 4.78 is 1.80. The molecule has 1 unspecified atom stereocenters. The molecule has 3 aromatic rings. The summed E-state index contributed by atoms with van der Waals surface area (Å²) in [6.07, 6.45) is 0. The first-order valence-electron chi connectivity index (χ1n) is 6.75. The van der Waals surface area contributed by atoms with Crippen LogP contribution in [-0.4, -0.2) is 15.9 Å². The van der Waals surface area contributed by atoms with Gasteiger partial charge in [-0.25, -0.2) is 4.98 Å². The van der Waals surface area contributed by atoms with Crippen molar-refractivity contribution in [2.75, 3.05) is 0 Å². The number of benzene rings is 2. The number of aromatic nitrogens is 2. The molecule has 0 fully saturated rings. The molecule has 1 heterocycles. The third-order valence-electron chi connectivity index (χ3n) is 3.34. The molecule has 1 amide bonds. The van der Waals surface area contributed by atoms with E-state index >= 15 is 0 Å². The van der Waals surface area contributed by atoms with Gasteiger partial charge >= 0.3 is 0 Å². The SMILES string of the molecule is CC(NC(=O)c1cc(Br)ccc1I)c1nc2ccccc2[nH]1. The van der Waals surface area contributed by atoms with Gasteiger partial charge in [-0.2, -0.15) is 0 Å². The summed E-state index contributed by atoms with van der Waals surface area (Å²) in [7, 11) is 0. The fourth-order valence-corrected chi connectivity index (χ4v) is 3.13. The number of fused-ring (bicyclic) bond motifs is 1. The Bertz CT molecular complexity index is 813. The lowest BCUT2D eigenvalue weighted by Crippen LogP contribution is -2.28. The lowest BCUT2D eigenvalue weighted by atomic mass is 10.2. The van der Waals surface area contributed by atoms with E-state index in [9.17, 15) is 4.79 Å². The molecule has 4 nitrogen and oxygen atoms in total. The van der Waals surface area contributed by atoms with Gasteiger partial charge in [0, 0.05) is 8.04 Å². The minimum Gasteiger partial charge on any atom is -0.342 e. The van der Waals surface area contributed by atoms with Crippen molar-refractivity contribution < 1.29 is 4.79 Å². The molecule has 1 aromatic heterocycles. The average molecular weight is 470 g/mol. The molecule has 0 saturated carbocycles. The highest BCUT2D eigenvalue weighted by Crippen LogP contribution is 2.20. The van der Waals surface area contributed by atoms with Crippen molar-refractivity contribution in [1.29, 1.82) is 0 Å². The number of imidazole rings is 1. The number of rotatable bonds is 3. The van der Waals surface area contributed by atoms with E-state index in [2.05, 4.69) is 53.8 Å².